The number of hydrogen-bond donors (Lipinski definition) is 1. The first-order valence-electron chi connectivity index (χ1n) is 30.4. The maximum absolute atomic E-state index is 12.4. The summed E-state index contributed by atoms with van der Waals surface area (Å²) in [5, 5.41) is 12.4. The quantitative estimate of drug-likeness (QED) is 0.131. The van der Waals surface area contributed by atoms with E-state index in [1.807, 2.05) is 117 Å². The summed E-state index contributed by atoms with van der Waals surface area (Å²) in [6.07, 6.45) is 1.60. The van der Waals surface area contributed by atoms with E-state index in [9.17, 15) is 12.0 Å². The van der Waals surface area contributed by atoms with E-state index in [1.54, 1.807) is 56.7 Å². The van der Waals surface area contributed by atoms with Crippen LogP contribution < -0.4 is 0 Å². The molecule has 0 saturated carbocycles. The van der Waals surface area contributed by atoms with E-state index in [0.29, 0.717) is 83.7 Å². The first kappa shape index (κ1) is 34.9. The minimum Gasteiger partial charge on any atom is -0.507 e. The molecule has 7 aromatic carbocycles. The molecule has 0 fully saturated rings. The smallest absolute Gasteiger partial charge is 0.148 e. The summed E-state index contributed by atoms with van der Waals surface area (Å²) in [6, 6.07) is 46.7. The van der Waals surface area contributed by atoms with E-state index >= 15 is 0 Å². The Bertz CT molecular complexity index is 3830. The SMILES string of the molecule is [2H]C([2H])([2H])c1cc(-c2c(C([2H])(C)C)cccc2C([2H])(C)C)ccc1-n1c(-c2cc(C(C)C)cc(C(C)C)c2O)nc2c(-c3[c-]c(-c4cc(-c5ccc(C(C([2H])([2H])[2H])(C([2H])([2H])[2H])C([2H])([2H])[2H])cc5)ccn4)cc(-c4ccccc4)c3)cccc21.[Pt]. The number of fused-ring (bicyclic) bond motifs is 1. The molecular weight excluding hydrogens is 1030 g/mol. The van der Waals surface area contributed by atoms with Crippen LogP contribution in [0.4, 0.5) is 0 Å². The van der Waals surface area contributed by atoms with E-state index in [1.165, 1.54) is 24.3 Å². The van der Waals surface area contributed by atoms with Crippen LogP contribution in [0.25, 0.3) is 83.9 Å². The predicted octanol–water partition coefficient (Wildman–Crippen LogP) is 18.0. The number of hydrogen-bond acceptors (Lipinski definition) is 3. The van der Waals surface area contributed by atoms with Crippen molar-refractivity contribution in [2.24, 2.45) is 0 Å². The first-order chi connectivity index (χ1) is 38.5. The molecule has 2 heterocycles. The number of pyridine rings is 1. The van der Waals surface area contributed by atoms with Crippen LogP contribution in [0.3, 0.4) is 0 Å². The van der Waals surface area contributed by atoms with Crippen LogP contribution in [0.5, 0.6) is 5.75 Å². The Morgan fingerprint density at radius 3 is 1.93 bits per heavy atom. The molecule has 0 radical (unpaired) electrons. The second-order valence-corrected chi connectivity index (χ2v) is 19.0. The fraction of sp³-hybridized carbons (Fsp3) is 0.262. The third kappa shape index (κ3) is 9.73. The zero-order valence-electron chi connectivity index (χ0n) is 54.7. The molecular formula is C65H66N3OPt-. The molecule has 0 saturated heterocycles. The third-order valence-electron chi connectivity index (χ3n) is 13.0. The maximum Gasteiger partial charge on any atom is 0.148 e. The van der Waals surface area contributed by atoms with Crippen molar-refractivity contribution in [1.29, 1.82) is 0 Å². The third-order valence-corrected chi connectivity index (χ3v) is 13.0. The minimum atomic E-state index is -3.42. The van der Waals surface area contributed by atoms with Crippen molar-refractivity contribution in [2.75, 3.05) is 0 Å². The van der Waals surface area contributed by atoms with Gasteiger partial charge in [0.15, 0.2) is 0 Å². The van der Waals surface area contributed by atoms with Crippen molar-refractivity contribution in [3.8, 4) is 78.6 Å². The number of aromatic nitrogens is 3. The molecule has 0 spiro atoms. The van der Waals surface area contributed by atoms with Gasteiger partial charge in [-0.2, -0.15) is 0 Å². The van der Waals surface area contributed by atoms with E-state index < -0.39 is 44.6 Å². The predicted molar refractivity (Wildman–Crippen MR) is 292 cm³/mol. The fourth-order valence-electron chi connectivity index (χ4n) is 9.27. The van der Waals surface area contributed by atoms with Gasteiger partial charge in [0.2, 0.25) is 0 Å². The van der Waals surface area contributed by atoms with Gasteiger partial charge in [-0.25, -0.2) is 4.98 Å². The Hall–Kier alpha value is -6.35. The van der Waals surface area contributed by atoms with Crippen molar-refractivity contribution < 1.29 is 45.4 Å². The van der Waals surface area contributed by atoms with Crippen LogP contribution in [0.15, 0.2) is 152 Å². The number of phenolic OH excluding ortho intramolecular Hbond substituents is 1. The number of rotatable bonds is 11. The molecule has 4 nitrogen and oxygen atoms in total. The van der Waals surface area contributed by atoms with Crippen LogP contribution >= 0.6 is 0 Å². The van der Waals surface area contributed by atoms with Crippen molar-refractivity contribution >= 4 is 11.0 Å². The van der Waals surface area contributed by atoms with Gasteiger partial charge in [0.25, 0.3) is 0 Å². The Labute approximate surface area is 450 Å². The minimum absolute atomic E-state index is 0. The van der Waals surface area contributed by atoms with Crippen molar-refractivity contribution in [3.63, 3.8) is 0 Å². The van der Waals surface area contributed by atoms with Gasteiger partial charge < -0.3 is 5.11 Å². The normalized spacial score (nSPS) is 15.9. The number of nitrogens with zero attached hydrogens (tertiary/aromatic N) is 3. The molecule has 2 aromatic heterocycles. The Morgan fingerprint density at radius 2 is 1.27 bits per heavy atom. The molecule has 0 bridgehead atoms. The van der Waals surface area contributed by atoms with Gasteiger partial charge in [-0.05, 0) is 127 Å². The van der Waals surface area contributed by atoms with Crippen LogP contribution in [0.1, 0.15) is 152 Å². The Morgan fingerprint density at radius 1 is 0.600 bits per heavy atom. The first-order valence-corrected chi connectivity index (χ1v) is 23.4. The van der Waals surface area contributed by atoms with Gasteiger partial charge in [-0.15, -0.1) is 23.8 Å². The molecule has 5 heteroatoms. The largest absolute Gasteiger partial charge is 0.507 e. The number of para-hydroxylation sites is 1. The summed E-state index contributed by atoms with van der Waals surface area (Å²) in [4.78, 5) is 10.2. The summed E-state index contributed by atoms with van der Waals surface area (Å²) in [5.41, 5.74) is 7.34. The second-order valence-electron chi connectivity index (χ2n) is 19.0. The molecule has 0 aliphatic heterocycles. The van der Waals surface area contributed by atoms with E-state index in [0.717, 1.165) is 16.7 Å². The number of aromatic hydroxyl groups is 1. The van der Waals surface area contributed by atoms with E-state index in [4.69, 9.17) is 22.3 Å². The molecule has 1 N–H and O–H groups in total. The average Bonchev–Trinajstić information content (AvgIpc) is 1.94. The van der Waals surface area contributed by atoms with Crippen molar-refractivity contribution in [1.82, 2.24) is 14.5 Å². The number of aryl methyl sites for hydroxylation is 1. The van der Waals surface area contributed by atoms with Crippen molar-refractivity contribution in [2.45, 2.75) is 112 Å². The number of phenols is 1. The molecule has 0 unspecified atom stereocenters. The van der Waals surface area contributed by atoms with Gasteiger partial charge in [-0.1, -0.05) is 196 Å². The fourth-order valence-corrected chi connectivity index (χ4v) is 9.27. The Kier molecular flexibility index (Phi) is 10.0. The molecule has 0 amide bonds. The molecule has 9 rings (SSSR count). The summed E-state index contributed by atoms with van der Waals surface area (Å²) >= 11 is 0. The van der Waals surface area contributed by atoms with Crippen LogP contribution in [-0.4, -0.2) is 19.6 Å². The van der Waals surface area contributed by atoms with Gasteiger partial charge in [0.05, 0.1) is 22.3 Å². The van der Waals surface area contributed by atoms with Gasteiger partial charge >= 0.3 is 0 Å². The van der Waals surface area contributed by atoms with Crippen molar-refractivity contribution in [3.05, 3.63) is 191 Å². The number of imidazole rings is 1. The molecule has 9 aromatic rings. The topological polar surface area (TPSA) is 50.9 Å². The molecule has 358 valence electrons. The van der Waals surface area contributed by atoms with E-state index in [2.05, 4.69) is 19.9 Å². The van der Waals surface area contributed by atoms with Gasteiger partial charge in [0.1, 0.15) is 11.6 Å². The summed E-state index contributed by atoms with van der Waals surface area (Å²) in [5.74, 6) is -1.98. The monoisotopic (exact) mass is 1110 g/mol. The molecule has 0 aliphatic carbocycles. The standard InChI is InChI=1S/C65H66N3O.Pt/c1-39(2)48-36-56(42(7)8)63(69)57(37-48)64-67-62-55(22-17-23-60(62)68(64)59-29-26-47(32-43(59)9)61-53(40(3)4)20-16-21-54(61)41(5)6)50-33-49(44-18-14-13-15-19-44)34-51(35-50)58-38-46(30-31-66-58)45-24-27-52(28-25-45)65(10,11)12;/h13-34,36-42,69H,1-12H3;/q-1;/i9D3,10D3,11D3,12D3,40D,41D;. The van der Waals surface area contributed by atoms with E-state index in [-0.39, 0.29) is 55.5 Å². The Balaban J connectivity index is 0.00000920. The molecule has 0 atom stereocenters. The van der Waals surface area contributed by atoms with Crippen LogP contribution in [0.2, 0.25) is 0 Å². The summed E-state index contributed by atoms with van der Waals surface area (Å²) in [7, 11) is 0. The maximum atomic E-state index is 12.4. The number of benzene rings is 7. The van der Waals surface area contributed by atoms with Gasteiger partial charge in [-0.3, -0.25) is 9.55 Å². The average molecular weight is 1110 g/mol. The summed E-state index contributed by atoms with van der Waals surface area (Å²) < 4.78 is 122. The molecule has 70 heavy (non-hydrogen) atoms. The van der Waals surface area contributed by atoms with Crippen LogP contribution in [-0.2, 0) is 26.5 Å². The van der Waals surface area contributed by atoms with Crippen LogP contribution in [0, 0.1) is 12.9 Å². The zero-order chi connectivity index (χ0) is 60.7. The summed E-state index contributed by atoms with van der Waals surface area (Å²) in [6.45, 7) is 2.28. The van der Waals surface area contributed by atoms with Gasteiger partial charge in [0, 0.05) is 52.1 Å². The molecule has 0 aliphatic rings. The zero-order valence-corrected chi connectivity index (χ0v) is 43.0. The second kappa shape index (κ2) is 20.2.